The van der Waals surface area contributed by atoms with Crippen LogP contribution in [0.5, 0.6) is 0 Å². The highest BCUT2D eigenvalue weighted by atomic mass is 79.9. The van der Waals surface area contributed by atoms with Crippen LogP contribution in [0.3, 0.4) is 0 Å². The van der Waals surface area contributed by atoms with Gasteiger partial charge in [0.05, 0.1) is 0 Å². The molecule has 2 aromatic rings. The predicted molar refractivity (Wildman–Crippen MR) is 84.6 cm³/mol. The number of rotatable bonds is 6. The van der Waals surface area contributed by atoms with E-state index in [-0.39, 0.29) is 11.9 Å². The van der Waals surface area contributed by atoms with Gasteiger partial charge in [0, 0.05) is 28.0 Å². The third-order valence-corrected chi connectivity index (χ3v) is 3.63. The maximum Gasteiger partial charge on any atom is 0.267 e. The lowest BCUT2D eigenvalue weighted by Crippen LogP contribution is -2.37. The average molecular weight is 339 g/mol. The highest BCUT2D eigenvalue weighted by Crippen LogP contribution is 2.20. The molecule has 0 bridgehead atoms. The van der Waals surface area contributed by atoms with Gasteiger partial charge in [-0.05, 0) is 37.6 Å². The molecule has 1 unspecified atom stereocenters. The Labute approximate surface area is 126 Å². The Morgan fingerprint density at radius 1 is 1.40 bits per heavy atom. The molecule has 1 amide bonds. The first kappa shape index (κ1) is 15.0. The van der Waals surface area contributed by atoms with Crippen molar-refractivity contribution in [3.8, 4) is 0 Å². The molecule has 0 saturated heterocycles. The van der Waals surface area contributed by atoms with Crippen molar-refractivity contribution in [2.24, 2.45) is 11.5 Å². The number of nitrogens with two attached hydrogens (primary N) is 2. The van der Waals surface area contributed by atoms with Crippen molar-refractivity contribution in [3.63, 3.8) is 0 Å². The molecule has 0 saturated carbocycles. The van der Waals surface area contributed by atoms with E-state index in [0.29, 0.717) is 18.8 Å². The van der Waals surface area contributed by atoms with Crippen LogP contribution in [0.25, 0.3) is 10.9 Å². The molecule has 0 spiro atoms. The van der Waals surface area contributed by atoms with Crippen LogP contribution in [0.1, 0.15) is 23.3 Å². The third kappa shape index (κ3) is 3.82. The van der Waals surface area contributed by atoms with E-state index in [1.54, 1.807) is 0 Å². The molecule has 6 N–H and O–H groups in total. The topological polar surface area (TPSA) is 96.9 Å². The number of nitrogens with one attached hydrogen (secondary N) is 2. The van der Waals surface area contributed by atoms with Gasteiger partial charge in [-0.25, -0.2) is 0 Å². The normalized spacial score (nSPS) is 12.6. The summed E-state index contributed by atoms with van der Waals surface area (Å²) in [7, 11) is 0. The van der Waals surface area contributed by atoms with E-state index < -0.39 is 0 Å². The summed E-state index contributed by atoms with van der Waals surface area (Å²) in [4.78, 5) is 15.1. The van der Waals surface area contributed by atoms with Gasteiger partial charge in [0.15, 0.2) is 0 Å². The van der Waals surface area contributed by atoms with Crippen LogP contribution in [-0.2, 0) is 0 Å². The van der Waals surface area contributed by atoms with Crippen LogP contribution in [0.2, 0.25) is 0 Å². The van der Waals surface area contributed by atoms with Crippen LogP contribution < -0.4 is 16.8 Å². The van der Waals surface area contributed by atoms with Crippen LogP contribution in [0.15, 0.2) is 28.7 Å². The van der Waals surface area contributed by atoms with Gasteiger partial charge < -0.3 is 21.8 Å². The molecule has 1 aromatic carbocycles. The van der Waals surface area contributed by atoms with Gasteiger partial charge in [-0.2, -0.15) is 0 Å². The highest BCUT2D eigenvalue weighted by Gasteiger charge is 2.11. The zero-order valence-electron chi connectivity index (χ0n) is 11.2. The van der Waals surface area contributed by atoms with Crippen molar-refractivity contribution in [1.82, 2.24) is 10.3 Å². The van der Waals surface area contributed by atoms with Crippen molar-refractivity contribution in [2.45, 2.75) is 18.9 Å². The minimum absolute atomic E-state index is 0.0546. The van der Waals surface area contributed by atoms with Crippen LogP contribution in [0.4, 0.5) is 0 Å². The SMILES string of the molecule is NCCCC(N)CNC(=O)c1cc2ccc(Br)cc2[nH]1. The fourth-order valence-corrected chi connectivity index (χ4v) is 2.38. The van der Waals surface area contributed by atoms with E-state index in [1.807, 2.05) is 24.3 Å². The van der Waals surface area contributed by atoms with Crippen molar-refractivity contribution >= 4 is 32.7 Å². The van der Waals surface area contributed by atoms with Crippen molar-refractivity contribution < 1.29 is 4.79 Å². The Kier molecular flexibility index (Phi) is 5.17. The Balaban J connectivity index is 1.97. The summed E-state index contributed by atoms with van der Waals surface area (Å²) in [5.74, 6) is -0.138. The Bertz CT molecular complexity index is 596. The molecule has 1 atom stereocenters. The zero-order chi connectivity index (χ0) is 14.5. The van der Waals surface area contributed by atoms with Gasteiger partial charge in [0.25, 0.3) is 5.91 Å². The number of H-pyrrole nitrogens is 1. The Hall–Kier alpha value is -1.37. The molecule has 20 heavy (non-hydrogen) atoms. The predicted octanol–water partition coefficient (Wildman–Crippen LogP) is 1.73. The number of halogens is 1. The standard InChI is InChI=1S/C14H19BrN4O/c15-10-4-3-9-6-13(19-12(9)7-10)14(20)18-8-11(17)2-1-5-16/h3-4,6-7,11,19H,1-2,5,8,16-17H2,(H,18,20). The van der Waals surface area contributed by atoms with E-state index in [2.05, 4.69) is 26.2 Å². The van der Waals surface area contributed by atoms with Gasteiger partial charge >= 0.3 is 0 Å². The van der Waals surface area contributed by atoms with E-state index in [1.165, 1.54) is 0 Å². The van der Waals surface area contributed by atoms with E-state index in [4.69, 9.17) is 11.5 Å². The number of aromatic nitrogens is 1. The first-order valence-corrected chi connectivity index (χ1v) is 7.41. The highest BCUT2D eigenvalue weighted by molar-refractivity contribution is 9.10. The number of carbonyl (C=O) groups is 1. The molecule has 0 aliphatic carbocycles. The van der Waals surface area contributed by atoms with Gasteiger partial charge in [-0.15, -0.1) is 0 Å². The minimum Gasteiger partial charge on any atom is -0.350 e. The van der Waals surface area contributed by atoms with Gasteiger partial charge in [0.1, 0.15) is 5.69 Å². The summed E-state index contributed by atoms with van der Waals surface area (Å²) in [6, 6.07) is 7.63. The average Bonchev–Trinajstić information content (AvgIpc) is 2.85. The summed E-state index contributed by atoms with van der Waals surface area (Å²) in [6.45, 7) is 1.08. The van der Waals surface area contributed by atoms with E-state index in [0.717, 1.165) is 28.2 Å². The Morgan fingerprint density at radius 3 is 2.95 bits per heavy atom. The second-order valence-electron chi connectivity index (χ2n) is 4.82. The fraction of sp³-hybridized carbons (Fsp3) is 0.357. The number of aromatic amines is 1. The Morgan fingerprint density at radius 2 is 2.20 bits per heavy atom. The van der Waals surface area contributed by atoms with E-state index in [9.17, 15) is 4.79 Å². The van der Waals surface area contributed by atoms with Crippen molar-refractivity contribution in [1.29, 1.82) is 0 Å². The number of fused-ring (bicyclic) bond motifs is 1. The number of benzene rings is 1. The molecule has 1 heterocycles. The first-order valence-electron chi connectivity index (χ1n) is 6.62. The third-order valence-electron chi connectivity index (χ3n) is 3.13. The molecular weight excluding hydrogens is 320 g/mol. The van der Waals surface area contributed by atoms with Gasteiger partial charge in [-0.3, -0.25) is 4.79 Å². The van der Waals surface area contributed by atoms with Gasteiger partial charge in [0.2, 0.25) is 0 Å². The van der Waals surface area contributed by atoms with E-state index >= 15 is 0 Å². The van der Waals surface area contributed by atoms with Crippen LogP contribution >= 0.6 is 15.9 Å². The molecule has 0 radical (unpaired) electrons. The lowest BCUT2D eigenvalue weighted by atomic mass is 10.1. The maximum atomic E-state index is 12.0. The second kappa shape index (κ2) is 6.88. The molecule has 2 rings (SSSR count). The summed E-state index contributed by atoms with van der Waals surface area (Å²) < 4.78 is 0.975. The fourth-order valence-electron chi connectivity index (χ4n) is 2.02. The maximum absolute atomic E-state index is 12.0. The number of hydrogen-bond acceptors (Lipinski definition) is 3. The molecule has 1 aromatic heterocycles. The summed E-state index contributed by atoms with van der Waals surface area (Å²) in [5, 5.41) is 3.84. The number of hydrogen-bond donors (Lipinski definition) is 4. The van der Waals surface area contributed by atoms with Crippen molar-refractivity contribution in [3.05, 3.63) is 34.4 Å². The molecule has 108 valence electrons. The lowest BCUT2D eigenvalue weighted by molar-refractivity contribution is 0.0946. The number of amides is 1. The summed E-state index contributed by atoms with van der Waals surface area (Å²) >= 11 is 3.41. The largest absolute Gasteiger partial charge is 0.350 e. The van der Waals surface area contributed by atoms with Crippen LogP contribution in [0, 0.1) is 0 Å². The zero-order valence-corrected chi connectivity index (χ0v) is 12.7. The van der Waals surface area contributed by atoms with Crippen molar-refractivity contribution in [2.75, 3.05) is 13.1 Å². The smallest absolute Gasteiger partial charge is 0.267 e. The molecule has 5 nitrogen and oxygen atoms in total. The second-order valence-corrected chi connectivity index (χ2v) is 5.73. The molecule has 6 heteroatoms. The molecule has 0 fully saturated rings. The quantitative estimate of drug-likeness (QED) is 0.645. The van der Waals surface area contributed by atoms with Crippen LogP contribution in [-0.4, -0.2) is 30.0 Å². The number of carbonyl (C=O) groups excluding carboxylic acids is 1. The summed E-state index contributed by atoms with van der Waals surface area (Å²) in [6.07, 6.45) is 1.69. The van der Waals surface area contributed by atoms with Gasteiger partial charge in [-0.1, -0.05) is 22.0 Å². The lowest BCUT2D eigenvalue weighted by Gasteiger charge is -2.11. The first-order chi connectivity index (χ1) is 9.60. The monoisotopic (exact) mass is 338 g/mol. The molecule has 0 aliphatic heterocycles. The molecular formula is C14H19BrN4O. The minimum atomic E-state index is -0.138. The summed E-state index contributed by atoms with van der Waals surface area (Å²) in [5.41, 5.74) is 12.8. The molecule has 0 aliphatic rings.